The summed E-state index contributed by atoms with van der Waals surface area (Å²) < 4.78 is 0.233. The zero-order valence-electron chi connectivity index (χ0n) is 14.5. The highest BCUT2D eigenvalue weighted by Crippen LogP contribution is 2.47. The van der Waals surface area contributed by atoms with Crippen LogP contribution in [0.5, 0.6) is 5.75 Å². The van der Waals surface area contributed by atoms with E-state index in [9.17, 15) is 14.7 Å². The number of allylic oxidation sites excluding steroid dienone is 2. The molecule has 1 unspecified atom stereocenters. The van der Waals surface area contributed by atoms with Gasteiger partial charge in [0.2, 0.25) is 0 Å². The normalized spacial score (nSPS) is 21.0. The van der Waals surface area contributed by atoms with Crippen molar-refractivity contribution in [2.75, 3.05) is 5.32 Å². The number of hydrogen-bond donors (Lipinski definition) is 4. The number of nitrogens with one attached hydrogen (secondary N) is 3. The Morgan fingerprint density at radius 2 is 1.81 bits per heavy atom. The van der Waals surface area contributed by atoms with Gasteiger partial charge in [0.1, 0.15) is 11.6 Å². The van der Waals surface area contributed by atoms with E-state index in [0.29, 0.717) is 29.8 Å². The molecule has 2 aromatic rings. The molecule has 2 heterocycles. The van der Waals surface area contributed by atoms with Gasteiger partial charge in [0.25, 0.3) is 5.56 Å². The number of carbonyl (C=O) groups is 1. The fourth-order valence-corrected chi connectivity index (χ4v) is 4.14. The van der Waals surface area contributed by atoms with Crippen LogP contribution in [0.2, 0.25) is 0 Å². The van der Waals surface area contributed by atoms with Crippen molar-refractivity contribution >= 4 is 23.8 Å². The Labute approximate surface area is 155 Å². The van der Waals surface area contributed by atoms with E-state index in [2.05, 4.69) is 29.1 Å². The minimum absolute atomic E-state index is 0.0364. The molecule has 4 rings (SSSR count). The molecule has 2 aliphatic rings. The van der Waals surface area contributed by atoms with E-state index >= 15 is 0 Å². The summed E-state index contributed by atoms with van der Waals surface area (Å²) in [7, 11) is 0. The van der Waals surface area contributed by atoms with Gasteiger partial charge in [0.05, 0.1) is 5.56 Å². The molecule has 1 atom stereocenters. The van der Waals surface area contributed by atoms with Gasteiger partial charge in [0, 0.05) is 23.6 Å². The Bertz CT molecular complexity index is 1060. The van der Waals surface area contributed by atoms with Crippen LogP contribution in [0.25, 0.3) is 0 Å². The maximum atomic E-state index is 13.0. The molecule has 0 saturated carbocycles. The first kappa shape index (κ1) is 16.8. The smallest absolute Gasteiger partial charge is 0.257 e. The van der Waals surface area contributed by atoms with Gasteiger partial charge in [-0.2, -0.15) is 0 Å². The largest absolute Gasteiger partial charge is 0.508 e. The van der Waals surface area contributed by atoms with E-state index in [1.165, 1.54) is 0 Å². The molecule has 0 amide bonds. The average Bonchev–Trinajstić information content (AvgIpc) is 2.52. The number of rotatable bonds is 1. The van der Waals surface area contributed by atoms with Crippen LogP contribution in [-0.4, -0.2) is 20.9 Å². The predicted molar refractivity (Wildman–Crippen MR) is 101 cm³/mol. The number of aromatic amines is 2. The van der Waals surface area contributed by atoms with E-state index in [4.69, 9.17) is 12.2 Å². The number of carbonyl (C=O) groups excluding carboxylic acids is 1. The van der Waals surface area contributed by atoms with Crippen molar-refractivity contribution in [3.63, 3.8) is 0 Å². The van der Waals surface area contributed by atoms with Crippen molar-refractivity contribution in [1.29, 1.82) is 0 Å². The van der Waals surface area contributed by atoms with Crippen LogP contribution in [-0.2, 0) is 4.79 Å². The van der Waals surface area contributed by atoms with Gasteiger partial charge in [-0.25, -0.2) is 0 Å². The average molecular weight is 369 g/mol. The summed E-state index contributed by atoms with van der Waals surface area (Å²) in [5.41, 5.74) is 2.20. The van der Waals surface area contributed by atoms with Crippen LogP contribution >= 0.6 is 12.2 Å². The third-order valence-corrected chi connectivity index (χ3v) is 5.18. The monoisotopic (exact) mass is 369 g/mol. The SMILES string of the molecule is CC1(C)CC(=O)C2=C(C1)Nc1[nH]c(=S)[nH]c(=O)c1C2c1ccc(O)cc1. The lowest BCUT2D eigenvalue weighted by Crippen LogP contribution is -2.36. The highest BCUT2D eigenvalue weighted by molar-refractivity contribution is 7.71. The number of anilines is 1. The van der Waals surface area contributed by atoms with E-state index < -0.39 is 5.92 Å². The first-order valence-electron chi connectivity index (χ1n) is 8.44. The fourth-order valence-electron chi connectivity index (χ4n) is 3.95. The molecule has 6 nitrogen and oxygen atoms in total. The molecule has 134 valence electrons. The molecular weight excluding hydrogens is 350 g/mol. The van der Waals surface area contributed by atoms with Crippen molar-refractivity contribution in [2.45, 2.75) is 32.6 Å². The third kappa shape index (κ3) is 2.68. The Hall–Kier alpha value is -2.67. The maximum absolute atomic E-state index is 13.0. The van der Waals surface area contributed by atoms with Crippen LogP contribution in [0.4, 0.5) is 5.82 Å². The predicted octanol–water partition coefficient (Wildman–Crippen LogP) is 3.34. The van der Waals surface area contributed by atoms with Gasteiger partial charge in [-0.15, -0.1) is 0 Å². The van der Waals surface area contributed by atoms with Crippen molar-refractivity contribution in [1.82, 2.24) is 9.97 Å². The minimum atomic E-state index is -0.499. The summed E-state index contributed by atoms with van der Waals surface area (Å²) in [6.07, 6.45) is 1.13. The Balaban J connectivity index is 2.00. The molecule has 1 aromatic heterocycles. The second kappa shape index (κ2) is 5.67. The number of aromatic hydroxyl groups is 1. The summed E-state index contributed by atoms with van der Waals surface area (Å²) in [5.74, 6) is 0.200. The fraction of sp³-hybridized carbons (Fsp3) is 0.316. The number of phenols is 1. The van der Waals surface area contributed by atoms with Crippen LogP contribution in [0, 0.1) is 10.2 Å². The molecule has 1 aromatic carbocycles. The molecular formula is C19H19N3O3S. The Kier molecular flexibility index (Phi) is 3.66. The van der Waals surface area contributed by atoms with E-state index in [0.717, 1.165) is 11.3 Å². The van der Waals surface area contributed by atoms with Crippen molar-refractivity contribution in [3.8, 4) is 5.75 Å². The lowest BCUT2D eigenvalue weighted by atomic mass is 9.69. The number of aromatic nitrogens is 2. The first-order chi connectivity index (χ1) is 12.2. The van der Waals surface area contributed by atoms with Crippen LogP contribution < -0.4 is 10.9 Å². The Morgan fingerprint density at radius 1 is 1.12 bits per heavy atom. The number of hydrogen-bond acceptors (Lipinski definition) is 5. The van der Waals surface area contributed by atoms with Crippen LogP contribution in [0.3, 0.4) is 0 Å². The van der Waals surface area contributed by atoms with E-state index in [1.807, 2.05) is 0 Å². The van der Waals surface area contributed by atoms with Gasteiger partial charge in [-0.05, 0) is 41.7 Å². The Morgan fingerprint density at radius 3 is 2.50 bits per heavy atom. The van der Waals surface area contributed by atoms with E-state index in [1.54, 1.807) is 24.3 Å². The first-order valence-corrected chi connectivity index (χ1v) is 8.85. The number of fused-ring (bicyclic) bond motifs is 1. The molecule has 0 spiro atoms. The summed E-state index contributed by atoms with van der Waals surface area (Å²) in [6.45, 7) is 4.11. The molecule has 26 heavy (non-hydrogen) atoms. The van der Waals surface area contributed by atoms with Crippen LogP contribution in [0.1, 0.15) is 43.7 Å². The minimum Gasteiger partial charge on any atom is -0.508 e. The zero-order chi connectivity index (χ0) is 18.6. The summed E-state index contributed by atoms with van der Waals surface area (Å²) in [4.78, 5) is 31.3. The van der Waals surface area contributed by atoms with Gasteiger partial charge in [-0.1, -0.05) is 26.0 Å². The quantitative estimate of drug-likeness (QED) is 0.578. The molecule has 4 N–H and O–H groups in total. The highest BCUT2D eigenvalue weighted by Gasteiger charge is 2.41. The number of ketones is 1. The summed E-state index contributed by atoms with van der Waals surface area (Å²) in [5, 5.41) is 12.9. The second-order valence-electron chi connectivity index (χ2n) is 7.68. The molecule has 7 heteroatoms. The molecule has 1 aliphatic heterocycles. The molecule has 0 saturated heterocycles. The topological polar surface area (TPSA) is 98.0 Å². The third-order valence-electron chi connectivity index (χ3n) is 4.98. The zero-order valence-corrected chi connectivity index (χ0v) is 15.3. The number of Topliss-reactive ketones (excluding diaryl/α,β-unsaturated/α-hetero) is 1. The van der Waals surface area contributed by atoms with Crippen molar-refractivity contribution in [3.05, 3.63) is 61.8 Å². The number of H-pyrrole nitrogens is 2. The second-order valence-corrected chi connectivity index (χ2v) is 8.09. The lowest BCUT2D eigenvalue weighted by Gasteiger charge is -2.38. The molecule has 0 fully saturated rings. The summed E-state index contributed by atoms with van der Waals surface area (Å²) in [6, 6.07) is 6.61. The van der Waals surface area contributed by atoms with Crippen molar-refractivity contribution in [2.24, 2.45) is 5.41 Å². The lowest BCUT2D eigenvalue weighted by molar-refractivity contribution is -0.118. The molecule has 0 bridgehead atoms. The standard InChI is InChI=1S/C19H19N3O3S/c1-19(2)7-11-14(12(24)8-19)13(9-3-5-10(23)6-4-9)15-16(20-11)21-18(26)22-17(15)25/h3-6,13,23H,7-8H2,1-2H3,(H3,20,21,22,25,26). The van der Waals surface area contributed by atoms with Crippen molar-refractivity contribution < 1.29 is 9.90 Å². The van der Waals surface area contributed by atoms with Gasteiger partial charge in [0.15, 0.2) is 10.6 Å². The number of phenolic OH excluding ortho intramolecular Hbond substituents is 1. The number of benzene rings is 1. The van der Waals surface area contributed by atoms with E-state index in [-0.39, 0.29) is 27.3 Å². The van der Waals surface area contributed by atoms with Gasteiger partial charge >= 0.3 is 0 Å². The molecule has 1 aliphatic carbocycles. The van der Waals surface area contributed by atoms with Crippen LogP contribution in [0.15, 0.2) is 40.3 Å². The van der Waals surface area contributed by atoms with Gasteiger partial charge < -0.3 is 15.4 Å². The van der Waals surface area contributed by atoms with Gasteiger partial charge in [-0.3, -0.25) is 14.6 Å². The summed E-state index contributed by atoms with van der Waals surface area (Å²) >= 11 is 5.11. The molecule has 0 radical (unpaired) electrons. The maximum Gasteiger partial charge on any atom is 0.257 e. The highest BCUT2D eigenvalue weighted by atomic mass is 32.1.